The number of hydrogen-bond acceptors (Lipinski definition) is 3. The van der Waals surface area contributed by atoms with Gasteiger partial charge in [0.1, 0.15) is 0 Å². The van der Waals surface area contributed by atoms with Gasteiger partial charge in [0.15, 0.2) is 5.78 Å². The van der Waals surface area contributed by atoms with Gasteiger partial charge in [0, 0.05) is 18.3 Å². The molecular weight excluding hydrogens is 340 g/mol. The van der Waals surface area contributed by atoms with E-state index in [-0.39, 0.29) is 11.8 Å². The van der Waals surface area contributed by atoms with Crippen LogP contribution in [0.2, 0.25) is 0 Å². The van der Waals surface area contributed by atoms with Crippen molar-refractivity contribution in [3.63, 3.8) is 0 Å². The lowest BCUT2D eigenvalue weighted by molar-refractivity contribution is -0.149. The molecule has 4 nitrogen and oxygen atoms in total. The molecule has 4 heteroatoms. The lowest BCUT2D eigenvalue weighted by Crippen LogP contribution is -2.54. The van der Waals surface area contributed by atoms with Crippen molar-refractivity contribution in [2.75, 3.05) is 0 Å². The maximum Gasteiger partial charge on any atom is 0.303 e. The predicted molar refractivity (Wildman–Crippen MR) is 103 cm³/mol. The zero-order valence-corrected chi connectivity index (χ0v) is 16.6. The van der Waals surface area contributed by atoms with Gasteiger partial charge < -0.3 is 10.2 Å². The molecule has 0 bridgehead atoms. The molecule has 0 aliphatic heterocycles. The van der Waals surface area contributed by atoms with Gasteiger partial charge in [0.05, 0.1) is 5.60 Å². The summed E-state index contributed by atoms with van der Waals surface area (Å²) in [4.78, 5) is 23.0. The summed E-state index contributed by atoms with van der Waals surface area (Å²) in [6.07, 6.45) is 12.4. The van der Waals surface area contributed by atoms with E-state index in [0.29, 0.717) is 42.3 Å². The molecule has 6 atom stereocenters. The van der Waals surface area contributed by atoms with Crippen molar-refractivity contribution in [3.8, 4) is 0 Å². The summed E-state index contributed by atoms with van der Waals surface area (Å²) in [5, 5.41) is 20.8. The predicted octanol–water partition coefficient (Wildman–Crippen LogP) is 4.50. The molecule has 0 radical (unpaired) electrons. The number of ketones is 1. The van der Waals surface area contributed by atoms with Gasteiger partial charge in [-0.25, -0.2) is 0 Å². The Morgan fingerprint density at radius 1 is 1.11 bits per heavy atom. The first-order chi connectivity index (χ1) is 12.9. The Hall–Kier alpha value is -1.16. The first kappa shape index (κ1) is 19.2. The average Bonchev–Trinajstić information content (AvgIpc) is 2.93. The average molecular weight is 375 g/mol. The van der Waals surface area contributed by atoms with Crippen molar-refractivity contribution in [1.82, 2.24) is 0 Å². The number of carbonyl (C=O) groups is 2. The molecule has 5 unspecified atom stereocenters. The minimum atomic E-state index is -0.810. The van der Waals surface area contributed by atoms with E-state index >= 15 is 0 Å². The van der Waals surface area contributed by atoms with Crippen LogP contribution in [0.3, 0.4) is 0 Å². The minimum absolute atomic E-state index is 0.0698. The van der Waals surface area contributed by atoms with Crippen LogP contribution in [0.4, 0.5) is 0 Å². The normalized spacial score (nSPS) is 43.5. The number of hydrogen-bond donors (Lipinski definition) is 2. The summed E-state index contributed by atoms with van der Waals surface area (Å²) < 4.78 is 0. The second-order valence-electron chi connectivity index (χ2n) is 9.71. The van der Waals surface area contributed by atoms with Gasteiger partial charge >= 0.3 is 5.97 Å². The van der Waals surface area contributed by atoms with Crippen molar-refractivity contribution in [2.24, 2.45) is 29.1 Å². The van der Waals surface area contributed by atoms with Crippen LogP contribution < -0.4 is 0 Å². The molecule has 0 amide bonds. The molecule has 0 aromatic carbocycles. The monoisotopic (exact) mass is 374 g/mol. The molecule has 2 N–H and O–H groups in total. The summed E-state index contributed by atoms with van der Waals surface area (Å²) in [6, 6.07) is 0. The number of aliphatic carboxylic acids is 1. The highest BCUT2D eigenvalue weighted by molar-refractivity contribution is 5.91. The van der Waals surface area contributed by atoms with Gasteiger partial charge in [-0.05, 0) is 87.5 Å². The number of aliphatic hydroxyl groups is 1. The minimum Gasteiger partial charge on any atom is -0.481 e. The van der Waals surface area contributed by atoms with E-state index in [1.54, 1.807) is 0 Å². The third-order valence-electron chi connectivity index (χ3n) is 8.75. The topological polar surface area (TPSA) is 74.6 Å². The third-order valence-corrected chi connectivity index (χ3v) is 8.75. The smallest absolute Gasteiger partial charge is 0.303 e. The van der Waals surface area contributed by atoms with E-state index in [1.165, 1.54) is 5.57 Å². The first-order valence-corrected chi connectivity index (χ1v) is 11.1. The van der Waals surface area contributed by atoms with Crippen LogP contribution in [0.1, 0.15) is 84.0 Å². The van der Waals surface area contributed by atoms with Crippen molar-refractivity contribution >= 4 is 11.8 Å². The fraction of sp³-hybridized carbons (Fsp3) is 0.826. The van der Waals surface area contributed by atoms with Gasteiger partial charge in [-0.2, -0.15) is 0 Å². The Balaban J connectivity index is 1.62. The Morgan fingerprint density at radius 2 is 1.93 bits per heavy atom. The van der Waals surface area contributed by atoms with E-state index in [2.05, 4.69) is 6.92 Å². The first-order valence-electron chi connectivity index (χ1n) is 11.1. The standard InChI is InChI=1S/C23H34O4/c1-2-10-22-11-7-18-17-6-4-16(24)14-15(17)3-5-19(18)20(22)8-12-23(22,27)13-9-21(25)26/h14,17-20,27H,2-13H2,1H3,(H,25,26)/t17?,18?,19?,20?,22?,23-/m1/s1. The number of rotatable bonds is 5. The van der Waals surface area contributed by atoms with Crippen molar-refractivity contribution in [1.29, 1.82) is 0 Å². The van der Waals surface area contributed by atoms with E-state index in [0.717, 1.165) is 57.8 Å². The summed E-state index contributed by atoms with van der Waals surface area (Å²) in [6.45, 7) is 2.20. The van der Waals surface area contributed by atoms with Crippen LogP contribution in [0.25, 0.3) is 0 Å². The van der Waals surface area contributed by atoms with E-state index < -0.39 is 11.6 Å². The van der Waals surface area contributed by atoms with Crippen molar-refractivity contribution < 1.29 is 19.8 Å². The second-order valence-corrected chi connectivity index (χ2v) is 9.71. The highest BCUT2D eigenvalue weighted by atomic mass is 16.4. The molecule has 4 aliphatic rings. The Morgan fingerprint density at radius 3 is 2.67 bits per heavy atom. The number of allylic oxidation sites excluding steroid dienone is 1. The summed E-state index contributed by atoms with van der Waals surface area (Å²) in [5.74, 6) is 1.91. The number of fused-ring (bicyclic) bond motifs is 5. The number of carboxylic acids is 1. The third kappa shape index (κ3) is 2.99. The number of carbonyl (C=O) groups excluding carboxylic acids is 1. The van der Waals surface area contributed by atoms with Crippen LogP contribution in [-0.2, 0) is 9.59 Å². The van der Waals surface area contributed by atoms with Crippen LogP contribution in [0, 0.1) is 29.1 Å². The summed E-state index contributed by atoms with van der Waals surface area (Å²) in [7, 11) is 0. The highest BCUT2D eigenvalue weighted by Gasteiger charge is 2.63. The van der Waals surface area contributed by atoms with E-state index in [1.807, 2.05) is 6.08 Å². The molecule has 0 heterocycles. The van der Waals surface area contributed by atoms with Crippen molar-refractivity contribution in [2.45, 2.75) is 89.6 Å². The lowest BCUT2D eigenvalue weighted by Gasteiger charge is -2.57. The number of carboxylic acid groups (broad SMARTS) is 1. The molecular formula is C23H34O4. The molecule has 0 aromatic heterocycles. The Kier molecular flexibility index (Phi) is 4.99. The summed E-state index contributed by atoms with van der Waals surface area (Å²) in [5.41, 5.74) is 0.495. The van der Waals surface area contributed by atoms with Gasteiger partial charge in [0.2, 0.25) is 0 Å². The SMILES string of the molecule is CCCC12CCC3C4CCC(=O)C=C4CCC3C1CC[C@@]2(O)CCC(=O)O. The quantitative estimate of drug-likeness (QED) is 0.743. The van der Waals surface area contributed by atoms with E-state index in [9.17, 15) is 19.8 Å². The van der Waals surface area contributed by atoms with Crippen molar-refractivity contribution in [3.05, 3.63) is 11.6 Å². The van der Waals surface area contributed by atoms with Crippen LogP contribution in [0.5, 0.6) is 0 Å². The van der Waals surface area contributed by atoms with Crippen LogP contribution >= 0.6 is 0 Å². The molecule has 3 fully saturated rings. The fourth-order valence-corrected chi connectivity index (χ4v) is 7.78. The van der Waals surface area contributed by atoms with Crippen LogP contribution in [0.15, 0.2) is 11.6 Å². The molecule has 27 heavy (non-hydrogen) atoms. The Labute approximate surface area is 162 Å². The highest BCUT2D eigenvalue weighted by Crippen LogP contribution is 2.67. The maximum absolute atomic E-state index is 11.9. The summed E-state index contributed by atoms with van der Waals surface area (Å²) >= 11 is 0. The molecule has 150 valence electrons. The maximum atomic E-state index is 11.9. The molecule has 4 aliphatic carbocycles. The van der Waals surface area contributed by atoms with Crippen LogP contribution in [-0.4, -0.2) is 27.6 Å². The largest absolute Gasteiger partial charge is 0.481 e. The molecule has 0 saturated heterocycles. The zero-order chi connectivity index (χ0) is 19.2. The van der Waals surface area contributed by atoms with Gasteiger partial charge in [-0.3, -0.25) is 9.59 Å². The molecule has 4 rings (SSSR count). The van der Waals surface area contributed by atoms with Gasteiger partial charge in [0.25, 0.3) is 0 Å². The fourth-order valence-electron chi connectivity index (χ4n) is 7.78. The van der Waals surface area contributed by atoms with Gasteiger partial charge in [-0.1, -0.05) is 18.9 Å². The molecule has 0 aromatic rings. The van der Waals surface area contributed by atoms with Gasteiger partial charge in [-0.15, -0.1) is 0 Å². The lowest BCUT2D eigenvalue weighted by atomic mass is 9.49. The van der Waals surface area contributed by atoms with E-state index in [4.69, 9.17) is 0 Å². The molecule has 0 spiro atoms. The zero-order valence-electron chi connectivity index (χ0n) is 16.6. The second kappa shape index (κ2) is 7.02. The Bertz CT molecular complexity index is 653. The molecule has 3 saturated carbocycles.